The monoisotopic (exact) mass is 199 g/mol. The zero-order valence-corrected chi connectivity index (χ0v) is 8.22. The molecule has 1 atom stereocenters. The highest BCUT2D eigenvalue weighted by molar-refractivity contribution is 5.85. The molecule has 0 radical (unpaired) electrons. The topological polar surface area (TPSA) is 21.3 Å². The molecule has 1 aliphatic rings. The minimum absolute atomic E-state index is 0. The van der Waals surface area contributed by atoms with Crippen molar-refractivity contribution in [3.8, 4) is 0 Å². The smallest absolute Gasteiger partial charge is 0.0949 e. The fourth-order valence-corrected chi connectivity index (χ4v) is 1.45. The lowest BCUT2D eigenvalue weighted by Gasteiger charge is -2.23. The molecule has 1 aromatic rings. The minimum Gasteiger partial charge on any atom is -0.371 e. The SMILES string of the molecule is Cl.c1ccc([C@H]2CNCCO2)cc1. The molecule has 3 heteroatoms. The number of nitrogens with one attached hydrogen (secondary N) is 1. The van der Waals surface area contributed by atoms with Gasteiger partial charge in [0, 0.05) is 13.1 Å². The predicted octanol–water partition coefficient (Wildman–Crippen LogP) is 1.77. The number of hydrogen-bond acceptors (Lipinski definition) is 2. The van der Waals surface area contributed by atoms with Crippen LogP contribution in [0.4, 0.5) is 0 Å². The summed E-state index contributed by atoms with van der Waals surface area (Å²) in [5.41, 5.74) is 1.27. The van der Waals surface area contributed by atoms with Crippen molar-refractivity contribution in [2.75, 3.05) is 19.7 Å². The molecule has 1 N–H and O–H groups in total. The molecule has 0 bridgehead atoms. The Morgan fingerprint density at radius 3 is 2.62 bits per heavy atom. The van der Waals surface area contributed by atoms with Gasteiger partial charge in [-0.25, -0.2) is 0 Å². The summed E-state index contributed by atoms with van der Waals surface area (Å²) in [5.74, 6) is 0. The normalized spacial score (nSPS) is 22.0. The second-order valence-electron chi connectivity index (χ2n) is 2.97. The van der Waals surface area contributed by atoms with Crippen LogP contribution in [0.1, 0.15) is 11.7 Å². The molecule has 1 aliphatic heterocycles. The van der Waals surface area contributed by atoms with Crippen LogP contribution < -0.4 is 5.32 Å². The van der Waals surface area contributed by atoms with E-state index < -0.39 is 0 Å². The van der Waals surface area contributed by atoms with Gasteiger partial charge in [0.2, 0.25) is 0 Å². The zero-order chi connectivity index (χ0) is 8.23. The van der Waals surface area contributed by atoms with E-state index >= 15 is 0 Å². The lowest BCUT2D eigenvalue weighted by atomic mass is 10.1. The Hall–Kier alpha value is -0.570. The van der Waals surface area contributed by atoms with Crippen molar-refractivity contribution in [1.29, 1.82) is 0 Å². The van der Waals surface area contributed by atoms with Gasteiger partial charge in [0.1, 0.15) is 0 Å². The highest BCUT2D eigenvalue weighted by Crippen LogP contribution is 2.17. The van der Waals surface area contributed by atoms with Gasteiger partial charge >= 0.3 is 0 Å². The van der Waals surface area contributed by atoms with E-state index in [9.17, 15) is 0 Å². The van der Waals surface area contributed by atoms with Crippen LogP contribution in [0.25, 0.3) is 0 Å². The van der Waals surface area contributed by atoms with E-state index in [2.05, 4.69) is 17.4 Å². The Bertz CT molecular complexity index is 234. The summed E-state index contributed by atoms with van der Waals surface area (Å²) < 4.78 is 5.60. The Labute approximate surface area is 84.7 Å². The molecule has 0 aliphatic carbocycles. The average molecular weight is 200 g/mol. The standard InChI is InChI=1S/C10H13NO.ClH/c1-2-4-9(5-3-1)10-8-11-6-7-12-10;/h1-5,10-11H,6-8H2;1H/t10-;/m1./s1. The summed E-state index contributed by atoms with van der Waals surface area (Å²) in [7, 11) is 0. The van der Waals surface area contributed by atoms with Crippen LogP contribution in [-0.4, -0.2) is 19.7 Å². The maximum absolute atomic E-state index is 5.60. The first-order valence-corrected chi connectivity index (χ1v) is 4.34. The fourth-order valence-electron chi connectivity index (χ4n) is 1.45. The molecule has 0 saturated carbocycles. The Balaban J connectivity index is 0.000000845. The van der Waals surface area contributed by atoms with Crippen molar-refractivity contribution < 1.29 is 4.74 Å². The van der Waals surface area contributed by atoms with Crippen molar-refractivity contribution in [3.05, 3.63) is 35.9 Å². The van der Waals surface area contributed by atoms with Gasteiger partial charge in [0.05, 0.1) is 12.7 Å². The van der Waals surface area contributed by atoms with Gasteiger partial charge in [-0.3, -0.25) is 0 Å². The zero-order valence-electron chi connectivity index (χ0n) is 7.40. The Kier molecular flexibility index (Phi) is 4.22. The summed E-state index contributed by atoms with van der Waals surface area (Å²) in [6.07, 6.45) is 0.250. The first-order chi connectivity index (χ1) is 5.97. The number of hydrogen-bond donors (Lipinski definition) is 1. The summed E-state index contributed by atoms with van der Waals surface area (Å²) >= 11 is 0. The van der Waals surface area contributed by atoms with Crippen LogP contribution in [0.3, 0.4) is 0 Å². The quantitative estimate of drug-likeness (QED) is 0.745. The molecule has 0 unspecified atom stereocenters. The van der Waals surface area contributed by atoms with Crippen molar-refractivity contribution in [2.24, 2.45) is 0 Å². The van der Waals surface area contributed by atoms with E-state index in [4.69, 9.17) is 4.74 Å². The molecule has 72 valence electrons. The molecular weight excluding hydrogens is 186 g/mol. The van der Waals surface area contributed by atoms with E-state index in [1.807, 2.05) is 18.2 Å². The van der Waals surface area contributed by atoms with Gasteiger partial charge in [0.25, 0.3) is 0 Å². The van der Waals surface area contributed by atoms with Crippen molar-refractivity contribution >= 4 is 12.4 Å². The van der Waals surface area contributed by atoms with Crippen LogP contribution >= 0.6 is 12.4 Å². The number of rotatable bonds is 1. The van der Waals surface area contributed by atoms with E-state index in [-0.39, 0.29) is 18.5 Å². The van der Waals surface area contributed by atoms with Crippen LogP contribution in [0, 0.1) is 0 Å². The third-order valence-electron chi connectivity index (χ3n) is 2.10. The van der Waals surface area contributed by atoms with E-state index in [1.54, 1.807) is 0 Å². The van der Waals surface area contributed by atoms with Crippen molar-refractivity contribution in [2.45, 2.75) is 6.10 Å². The molecule has 0 amide bonds. The van der Waals surface area contributed by atoms with Gasteiger partial charge in [-0.05, 0) is 5.56 Å². The van der Waals surface area contributed by atoms with E-state index in [0.29, 0.717) is 0 Å². The lowest BCUT2D eigenvalue weighted by molar-refractivity contribution is 0.0277. The third-order valence-corrected chi connectivity index (χ3v) is 2.10. The van der Waals surface area contributed by atoms with Gasteiger partial charge in [-0.1, -0.05) is 30.3 Å². The third kappa shape index (κ3) is 2.69. The van der Waals surface area contributed by atoms with Crippen LogP contribution in [0.5, 0.6) is 0 Å². The van der Waals surface area contributed by atoms with Gasteiger partial charge in [0.15, 0.2) is 0 Å². The number of ether oxygens (including phenoxy) is 1. The molecule has 2 rings (SSSR count). The predicted molar refractivity (Wildman–Crippen MR) is 55.3 cm³/mol. The fraction of sp³-hybridized carbons (Fsp3) is 0.400. The molecule has 13 heavy (non-hydrogen) atoms. The van der Waals surface area contributed by atoms with Crippen molar-refractivity contribution in [1.82, 2.24) is 5.32 Å². The van der Waals surface area contributed by atoms with E-state index in [1.165, 1.54) is 5.56 Å². The number of benzene rings is 1. The average Bonchev–Trinajstić information content (AvgIpc) is 2.21. The molecule has 0 aromatic heterocycles. The van der Waals surface area contributed by atoms with Gasteiger partial charge < -0.3 is 10.1 Å². The highest BCUT2D eigenvalue weighted by atomic mass is 35.5. The molecule has 2 nitrogen and oxygen atoms in total. The summed E-state index contributed by atoms with van der Waals surface area (Å²) in [6, 6.07) is 10.3. The maximum Gasteiger partial charge on any atom is 0.0949 e. The molecule has 1 aromatic carbocycles. The van der Waals surface area contributed by atoms with Gasteiger partial charge in [-0.2, -0.15) is 0 Å². The Morgan fingerprint density at radius 2 is 2.00 bits per heavy atom. The maximum atomic E-state index is 5.60. The molecule has 1 heterocycles. The second kappa shape index (κ2) is 5.22. The summed E-state index contributed by atoms with van der Waals surface area (Å²) in [6.45, 7) is 2.73. The van der Waals surface area contributed by atoms with Gasteiger partial charge in [-0.15, -0.1) is 12.4 Å². The molecule has 1 fully saturated rings. The number of halogens is 1. The molecule has 0 spiro atoms. The van der Waals surface area contributed by atoms with Crippen LogP contribution in [0.15, 0.2) is 30.3 Å². The highest BCUT2D eigenvalue weighted by Gasteiger charge is 2.14. The Morgan fingerprint density at radius 1 is 1.23 bits per heavy atom. The largest absolute Gasteiger partial charge is 0.371 e. The number of morpholine rings is 1. The summed E-state index contributed by atoms with van der Waals surface area (Å²) in [4.78, 5) is 0. The van der Waals surface area contributed by atoms with Crippen LogP contribution in [-0.2, 0) is 4.74 Å². The molecular formula is C10H14ClNO. The van der Waals surface area contributed by atoms with Crippen LogP contribution in [0.2, 0.25) is 0 Å². The minimum atomic E-state index is 0. The van der Waals surface area contributed by atoms with E-state index in [0.717, 1.165) is 19.7 Å². The second-order valence-corrected chi connectivity index (χ2v) is 2.97. The van der Waals surface area contributed by atoms with Crippen molar-refractivity contribution in [3.63, 3.8) is 0 Å². The lowest BCUT2D eigenvalue weighted by Crippen LogP contribution is -2.33. The first kappa shape index (κ1) is 10.5. The first-order valence-electron chi connectivity index (χ1n) is 4.34. The molecule has 1 saturated heterocycles. The summed E-state index contributed by atoms with van der Waals surface area (Å²) in [5, 5.41) is 3.31.